The Morgan fingerprint density at radius 1 is 1.21 bits per heavy atom. The summed E-state index contributed by atoms with van der Waals surface area (Å²) in [6, 6.07) is 8.32. The van der Waals surface area contributed by atoms with E-state index in [9.17, 15) is 4.79 Å². The van der Waals surface area contributed by atoms with Crippen molar-refractivity contribution in [2.24, 2.45) is 0 Å². The second-order valence-corrected chi connectivity index (χ2v) is 9.54. The summed E-state index contributed by atoms with van der Waals surface area (Å²) in [5, 5.41) is 6.55. The molecule has 5 rings (SSSR count). The summed E-state index contributed by atoms with van der Waals surface area (Å²) in [5.41, 5.74) is 6.91. The Morgan fingerprint density at radius 3 is 2.73 bits per heavy atom. The van der Waals surface area contributed by atoms with Crippen molar-refractivity contribution >= 4 is 34.0 Å². The summed E-state index contributed by atoms with van der Waals surface area (Å²) in [4.78, 5) is 24.9. The summed E-state index contributed by atoms with van der Waals surface area (Å²) in [6.45, 7) is 4.21. The molecule has 3 heterocycles. The summed E-state index contributed by atoms with van der Waals surface area (Å²) < 4.78 is 0. The van der Waals surface area contributed by atoms with Gasteiger partial charge >= 0.3 is 0 Å². The van der Waals surface area contributed by atoms with Crippen LogP contribution in [0.3, 0.4) is 0 Å². The Balaban J connectivity index is 1.37. The Bertz CT molecular complexity index is 1250. The van der Waals surface area contributed by atoms with Crippen LogP contribution in [0.2, 0.25) is 5.02 Å². The number of halogens is 1. The predicted molar refractivity (Wildman–Crippen MR) is 134 cm³/mol. The van der Waals surface area contributed by atoms with Crippen LogP contribution < -0.4 is 21.3 Å². The highest BCUT2D eigenvalue weighted by Crippen LogP contribution is 2.29. The number of hydrogen-bond donors (Lipinski definition) is 3. The Labute approximate surface area is 198 Å². The molecule has 1 aliphatic heterocycles. The number of aromatic amines is 1. The SMILES string of the molecule is CC1=CN(c2ccc(Cc3nc4cc(NC5CCCCC5)c(Cl)cc4c(=O)[nH]3)cn2)NC1C. The number of pyridine rings is 1. The number of nitrogens with one attached hydrogen (secondary N) is 3. The minimum absolute atomic E-state index is 0.179. The zero-order valence-corrected chi connectivity index (χ0v) is 19.7. The van der Waals surface area contributed by atoms with Crippen LogP contribution in [0.25, 0.3) is 10.9 Å². The van der Waals surface area contributed by atoms with Crippen molar-refractivity contribution < 1.29 is 0 Å². The first-order valence-electron chi connectivity index (χ1n) is 11.6. The lowest BCUT2D eigenvalue weighted by molar-refractivity contribution is 0.463. The zero-order chi connectivity index (χ0) is 22.9. The fraction of sp³-hybridized carbons (Fsp3) is 0.400. The maximum atomic E-state index is 12.7. The van der Waals surface area contributed by atoms with Crippen molar-refractivity contribution in [3.63, 3.8) is 0 Å². The first kappa shape index (κ1) is 21.9. The van der Waals surface area contributed by atoms with E-state index in [1.165, 1.54) is 24.8 Å². The maximum absolute atomic E-state index is 12.7. The van der Waals surface area contributed by atoms with Crippen LogP contribution >= 0.6 is 11.6 Å². The van der Waals surface area contributed by atoms with E-state index in [1.807, 2.05) is 29.4 Å². The molecule has 3 aromatic rings. The maximum Gasteiger partial charge on any atom is 0.258 e. The normalized spacial score (nSPS) is 19.2. The highest BCUT2D eigenvalue weighted by atomic mass is 35.5. The molecule has 8 heteroatoms. The van der Waals surface area contributed by atoms with Gasteiger partial charge in [-0.15, -0.1) is 0 Å². The second kappa shape index (κ2) is 9.15. The third-order valence-electron chi connectivity index (χ3n) is 6.58. The highest BCUT2D eigenvalue weighted by molar-refractivity contribution is 6.34. The van der Waals surface area contributed by atoms with E-state index in [1.54, 1.807) is 6.07 Å². The summed E-state index contributed by atoms with van der Waals surface area (Å²) >= 11 is 6.49. The molecule has 1 saturated carbocycles. The lowest BCUT2D eigenvalue weighted by Gasteiger charge is -2.24. The molecule has 1 aromatic carbocycles. The quantitative estimate of drug-likeness (QED) is 0.496. The average Bonchev–Trinajstić information content (AvgIpc) is 3.14. The Hall–Kier alpha value is -2.90. The number of hydrogen-bond acceptors (Lipinski definition) is 6. The predicted octanol–water partition coefficient (Wildman–Crippen LogP) is 4.92. The summed E-state index contributed by atoms with van der Waals surface area (Å²) in [7, 11) is 0. The van der Waals surface area contributed by atoms with Crippen LogP contribution in [0.4, 0.5) is 11.5 Å². The number of benzene rings is 1. The van der Waals surface area contributed by atoms with E-state index < -0.39 is 0 Å². The number of H-pyrrole nitrogens is 1. The minimum atomic E-state index is -0.179. The second-order valence-electron chi connectivity index (χ2n) is 9.14. The van der Waals surface area contributed by atoms with Gasteiger partial charge in [-0.25, -0.2) is 15.4 Å². The number of nitrogens with zero attached hydrogens (tertiary/aromatic N) is 3. The van der Waals surface area contributed by atoms with Crippen LogP contribution in [0.15, 0.2) is 47.0 Å². The molecular weight excluding hydrogens is 436 g/mol. The standard InChI is InChI=1S/C25H29ClN6O/c1-15-14-32(31-16(15)2)24-9-8-17(13-27-24)10-23-29-21-12-22(28-18-6-4-3-5-7-18)20(26)11-19(21)25(33)30-23/h8-9,11-14,16,18,28,31H,3-7,10H2,1-2H3,(H,29,30,33). The number of fused-ring (bicyclic) bond motifs is 1. The third-order valence-corrected chi connectivity index (χ3v) is 6.90. The van der Waals surface area contributed by atoms with Crippen LogP contribution in [-0.4, -0.2) is 27.0 Å². The van der Waals surface area contributed by atoms with E-state index in [2.05, 4.69) is 40.8 Å². The van der Waals surface area contributed by atoms with Gasteiger partial charge in [0, 0.05) is 30.9 Å². The fourth-order valence-corrected chi connectivity index (χ4v) is 4.74. The van der Waals surface area contributed by atoms with E-state index in [0.717, 1.165) is 29.9 Å². The smallest absolute Gasteiger partial charge is 0.258 e. The molecule has 33 heavy (non-hydrogen) atoms. The molecule has 172 valence electrons. The van der Waals surface area contributed by atoms with Crippen molar-refractivity contribution in [2.45, 2.75) is 64.5 Å². The molecule has 0 radical (unpaired) electrons. The molecule has 1 unspecified atom stereocenters. The van der Waals surface area contributed by atoms with Gasteiger partial charge in [0.2, 0.25) is 0 Å². The molecule has 3 N–H and O–H groups in total. The first-order chi connectivity index (χ1) is 16.0. The molecule has 7 nitrogen and oxygen atoms in total. The summed E-state index contributed by atoms with van der Waals surface area (Å²) in [5.74, 6) is 1.44. The minimum Gasteiger partial charge on any atom is -0.381 e. The Morgan fingerprint density at radius 2 is 2.03 bits per heavy atom. The van der Waals surface area contributed by atoms with Crippen molar-refractivity contribution in [3.05, 3.63) is 69.0 Å². The lowest BCUT2D eigenvalue weighted by Crippen LogP contribution is -2.34. The lowest BCUT2D eigenvalue weighted by atomic mass is 9.95. The monoisotopic (exact) mass is 464 g/mol. The van der Waals surface area contributed by atoms with Gasteiger partial charge in [-0.3, -0.25) is 9.80 Å². The number of rotatable bonds is 5. The van der Waals surface area contributed by atoms with Gasteiger partial charge in [-0.05, 0) is 56.0 Å². The van der Waals surface area contributed by atoms with E-state index in [0.29, 0.717) is 40.3 Å². The van der Waals surface area contributed by atoms with Crippen LogP contribution in [0.1, 0.15) is 57.3 Å². The van der Waals surface area contributed by atoms with Gasteiger partial charge in [0.05, 0.1) is 21.6 Å². The van der Waals surface area contributed by atoms with Gasteiger partial charge in [0.25, 0.3) is 5.56 Å². The molecular formula is C25H29ClN6O. The first-order valence-corrected chi connectivity index (χ1v) is 12.0. The topological polar surface area (TPSA) is 85.9 Å². The number of anilines is 2. The molecule has 0 saturated heterocycles. The van der Waals surface area contributed by atoms with Gasteiger partial charge in [-0.2, -0.15) is 0 Å². The van der Waals surface area contributed by atoms with Crippen LogP contribution in [-0.2, 0) is 6.42 Å². The van der Waals surface area contributed by atoms with E-state index >= 15 is 0 Å². The van der Waals surface area contributed by atoms with Crippen LogP contribution in [0.5, 0.6) is 0 Å². The Kier molecular flexibility index (Phi) is 6.08. The van der Waals surface area contributed by atoms with Gasteiger partial charge in [-0.1, -0.05) is 36.9 Å². The van der Waals surface area contributed by atoms with E-state index in [4.69, 9.17) is 16.6 Å². The molecule has 0 spiro atoms. The molecule has 1 aliphatic carbocycles. The molecule has 2 aromatic heterocycles. The largest absolute Gasteiger partial charge is 0.381 e. The third kappa shape index (κ3) is 4.75. The molecule has 1 atom stereocenters. The molecule has 2 aliphatic rings. The highest BCUT2D eigenvalue weighted by Gasteiger charge is 2.19. The zero-order valence-electron chi connectivity index (χ0n) is 19.0. The van der Waals surface area contributed by atoms with E-state index in [-0.39, 0.29) is 5.56 Å². The van der Waals surface area contributed by atoms with Crippen molar-refractivity contribution in [1.29, 1.82) is 0 Å². The number of aromatic nitrogens is 3. The fourth-order valence-electron chi connectivity index (χ4n) is 4.52. The van der Waals surface area contributed by atoms with Crippen molar-refractivity contribution in [2.75, 3.05) is 10.3 Å². The molecule has 0 bridgehead atoms. The van der Waals surface area contributed by atoms with Gasteiger partial charge < -0.3 is 10.3 Å². The van der Waals surface area contributed by atoms with Crippen molar-refractivity contribution in [1.82, 2.24) is 20.4 Å². The van der Waals surface area contributed by atoms with Crippen molar-refractivity contribution in [3.8, 4) is 0 Å². The van der Waals surface area contributed by atoms with Crippen LogP contribution in [0, 0.1) is 0 Å². The molecule has 0 amide bonds. The molecule has 1 fully saturated rings. The number of hydrazine groups is 1. The average molecular weight is 465 g/mol. The summed E-state index contributed by atoms with van der Waals surface area (Å²) in [6.07, 6.45) is 10.4. The van der Waals surface area contributed by atoms with Gasteiger partial charge in [0.1, 0.15) is 11.6 Å². The van der Waals surface area contributed by atoms with Gasteiger partial charge in [0.15, 0.2) is 0 Å².